The van der Waals surface area contributed by atoms with E-state index in [-0.39, 0.29) is 19.1 Å². The molecule has 0 aliphatic carbocycles. The predicted molar refractivity (Wildman–Crippen MR) is 109 cm³/mol. The molecule has 2 aromatic carbocycles. The van der Waals surface area contributed by atoms with E-state index in [0.29, 0.717) is 35.8 Å². The van der Waals surface area contributed by atoms with Gasteiger partial charge in [0, 0.05) is 18.7 Å². The van der Waals surface area contributed by atoms with Crippen LogP contribution in [0.15, 0.2) is 48.5 Å². The predicted octanol–water partition coefficient (Wildman–Crippen LogP) is 3.55. The van der Waals surface area contributed by atoms with Crippen molar-refractivity contribution >= 4 is 17.7 Å². The number of aliphatic hydroxyl groups is 1. The Morgan fingerprint density at radius 3 is 2.34 bits per heavy atom. The second-order valence-electron chi connectivity index (χ2n) is 7.78. The third-order valence-electron chi connectivity index (χ3n) is 4.39. The first-order valence-corrected chi connectivity index (χ1v) is 9.52. The lowest BCUT2D eigenvalue weighted by Gasteiger charge is -2.35. The molecule has 1 aliphatic heterocycles. The number of hydrogen-bond donors (Lipinski definition) is 1. The van der Waals surface area contributed by atoms with Crippen LogP contribution in [0.1, 0.15) is 26.3 Å². The van der Waals surface area contributed by atoms with Crippen LogP contribution >= 0.6 is 0 Å². The lowest BCUT2D eigenvalue weighted by atomic mass is 10.2. The molecule has 1 fully saturated rings. The Labute approximate surface area is 170 Å². The van der Waals surface area contributed by atoms with E-state index in [1.807, 2.05) is 24.3 Å². The Balaban J connectivity index is 1.77. The van der Waals surface area contributed by atoms with Gasteiger partial charge in [-0.2, -0.15) is 0 Å². The van der Waals surface area contributed by atoms with Gasteiger partial charge in [0.25, 0.3) is 0 Å². The van der Waals surface area contributed by atoms with Gasteiger partial charge in [-0.1, -0.05) is 30.3 Å². The van der Waals surface area contributed by atoms with Crippen molar-refractivity contribution in [2.24, 2.45) is 0 Å². The van der Waals surface area contributed by atoms with E-state index in [2.05, 4.69) is 0 Å². The largest absolute Gasteiger partial charge is 0.455 e. The van der Waals surface area contributed by atoms with Gasteiger partial charge in [0.15, 0.2) is 5.75 Å². The van der Waals surface area contributed by atoms with Crippen LogP contribution in [-0.2, 0) is 16.1 Å². The van der Waals surface area contributed by atoms with Gasteiger partial charge in [0.2, 0.25) is 5.91 Å². The molecule has 3 rings (SSSR count). The quantitative estimate of drug-likeness (QED) is 0.852. The first-order chi connectivity index (χ1) is 13.8. The number of ether oxygens (including phenoxy) is 2. The lowest BCUT2D eigenvalue weighted by molar-refractivity contribution is -0.121. The van der Waals surface area contributed by atoms with E-state index < -0.39 is 11.7 Å². The standard InChI is InChI=1S/C22H26N2O5/c1-22(2,3)29-21(27)23-12-13-24(20(26)14-23)17-9-5-7-11-19(17)28-18-10-6-4-8-16(18)15-25/h4-11,25H,12-15H2,1-3H3. The second-order valence-corrected chi connectivity index (χ2v) is 7.78. The molecule has 1 N–H and O–H groups in total. The van der Waals surface area contributed by atoms with Crippen molar-refractivity contribution in [1.29, 1.82) is 0 Å². The van der Waals surface area contributed by atoms with Gasteiger partial charge in [-0.3, -0.25) is 9.69 Å². The van der Waals surface area contributed by atoms with E-state index in [1.54, 1.807) is 49.9 Å². The summed E-state index contributed by atoms with van der Waals surface area (Å²) in [6, 6.07) is 14.4. The Bertz CT molecular complexity index is 891. The van der Waals surface area contributed by atoms with Crippen molar-refractivity contribution in [3.63, 3.8) is 0 Å². The molecule has 7 nitrogen and oxygen atoms in total. The Kier molecular flexibility index (Phi) is 6.08. The summed E-state index contributed by atoms with van der Waals surface area (Å²) in [5.74, 6) is 0.823. The van der Waals surface area contributed by atoms with E-state index >= 15 is 0 Å². The minimum atomic E-state index is -0.613. The third kappa shape index (κ3) is 5.06. The first-order valence-electron chi connectivity index (χ1n) is 9.52. The Morgan fingerprint density at radius 1 is 1.03 bits per heavy atom. The average Bonchev–Trinajstić information content (AvgIpc) is 2.67. The van der Waals surface area contributed by atoms with Crippen LogP contribution in [0.5, 0.6) is 11.5 Å². The van der Waals surface area contributed by atoms with Crippen molar-refractivity contribution in [3.05, 3.63) is 54.1 Å². The van der Waals surface area contributed by atoms with Crippen molar-refractivity contribution in [2.75, 3.05) is 24.5 Å². The van der Waals surface area contributed by atoms with E-state index in [0.717, 1.165) is 0 Å². The molecule has 0 aromatic heterocycles. The number of rotatable bonds is 4. The number of aliphatic hydroxyl groups excluding tert-OH is 1. The summed E-state index contributed by atoms with van der Waals surface area (Å²) in [4.78, 5) is 28.1. The van der Waals surface area contributed by atoms with Gasteiger partial charge in [-0.15, -0.1) is 0 Å². The zero-order valence-electron chi connectivity index (χ0n) is 16.9. The van der Waals surface area contributed by atoms with Crippen molar-refractivity contribution in [2.45, 2.75) is 33.0 Å². The molecule has 29 heavy (non-hydrogen) atoms. The second kappa shape index (κ2) is 8.53. The van der Waals surface area contributed by atoms with E-state index in [1.165, 1.54) is 4.90 Å². The topological polar surface area (TPSA) is 79.3 Å². The van der Waals surface area contributed by atoms with Gasteiger partial charge in [-0.05, 0) is 39.0 Å². The van der Waals surface area contributed by atoms with Crippen LogP contribution in [-0.4, -0.2) is 47.2 Å². The highest BCUT2D eigenvalue weighted by molar-refractivity contribution is 5.98. The van der Waals surface area contributed by atoms with Crippen LogP contribution in [0.2, 0.25) is 0 Å². The molecule has 154 valence electrons. The zero-order valence-corrected chi connectivity index (χ0v) is 16.9. The Hall–Kier alpha value is -3.06. The summed E-state index contributed by atoms with van der Waals surface area (Å²) >= 11 is 0. The van der Waals surface area contributed by atoms with Gasteiger partial charge < -0.3 is 19.5 Å². The normalized spacial score (nSPS) is 14.7. The molecule has 0 saturated carbocycles. The Morgan fingerprint density at radius 2 is 1.69 bits per heavy atom. The number of carbonyl (C=O) groups excluding carboxylic acids is 2. The van der Waals surface area contributed by atoms with Crippen molar-refractivity contribution < 1.29 is 24.2 Å². The van der Waals surface area contributed by atoms with Gasteiger partial charge >= 0.3 is 6.09 Å². The smallest absolute Gasteiger partial charge is 0.410 e. The maximum absolute atomic E-state index is 12.8. The number of benzene rings is 2. The van der Waals surface area contributed by atoms with Crippen LogP contribution in [0.3, 0.4) is 0 Å². The maximum Gasteiger partial charge on any atom is 0.410 e. The van der Waals surface area contributed by atoms with E-state index in [9.17, 15) is 14.7 Å². The van der Waals surface area contributed by atoms with Crippen molar-refractivity contribution in [1.82, 2.24) is 4.90 Å². The molecule has 1 aliphatic rings. The minimum Gasteiger partial charge on any atom is -0.455 e. The highest BCUT2D eigenvalue weighted by Crippen LogP contribution is 2.34. The number of amides is 2. The van der Waals surface area contributed by atoms with Crippen LogP contribution in [0.4, 0.5) is 10.5 Å². The van der Waals surface area contributed by atoms with Crippen molar-refractivity contribution in [3.8, 4) is 11.5 Å². The molecule has 0 unspecified atom stereocenters. The SMILES string of the molecule is CC(C)(C)OC(=O)N1CCN(c2ccccc2Oc2ccccc2CO)C(=O)C1. The number of carbonyl (C=O) groups is 2. The van der Waals surface area contributed by atoms with Gasteiger partial charge in [0.1, 0.15) is 17.9 Å². The number of anilines is 1. The molecule has 0 spiro atoms. The molecule has 1 heterocycles. The summed E-state index contributed by atoms with van der Waals surface area (Å²) in [6.07, 6.45) is -0.494. The van der Waals surface area contributed by atoms with Gasteiger partial charge in [0.05, 0.1) is 12.3 Å². The molecule has 0 bridgehead atoms. The summed E-state index contributed by atoms with van der Waals surface area (Å²) in [6.45, 7) is 5.87. The first kappa shape index (κ1) is 20.7. The maximum atomic E-state index is 12.8. The summed E-state index contributed by atoms with van der Waals surface area (Å²) < 4.78 is 11.4. The zero-order chi connectivity index (χ0) is 21.0. The van der Waals surface area contributed by atoms with E-state index in [4.69, 9.17) is 9.47 Å². The average molecular weight is 398 g/mol. The monoisotopic (exact) mass is 398 g/mol. The fraction of sp³-hybridized carbons (Fsp3) is 0.364. The molecule has 2 amide bonds. The fourth-order valence-electron chi connectivity index (χ4n) is 3.03. The number of piperazine rings is 1. The molecular weight excluding hydrogens is 372 g/mol. The van der Waals surface area contributed by atoms with Crippen LogP contribution in [0.25, 0.3) is 0 Å². The summed E-state index contributed by atoms with van der Waals surface area (Å²) in [5, 5.41) is 9.52. The van der Waals surface area contributed by atoms with Crippen LogP contribution < -0.4 is 9.64 Å². The van der Waals surface area contributed by atoms with Gasteiger partial charge in [-0.25, -0.2) is 4.79 Å². The number of nitrogens with zero attached hydrogens (tertiary/aromatic N) is 2. The third-order valence-corrected chi connectivity index (χ3v) is 4.39. The molecular formula is C22H26N2O5. The molecule has 0 atom stereocenters. The highest BCUT2D eigenvalue weighted by Gasteiger charge is 2.32. The lowest BCUT2D eigenvalue weighted by Crippen LogP contribution is -2.53. The number of para-hydroxylation sites is 3. The number of hydrogen-bond acceptors (Lipinski definition) is 5. The minimum absolute atomic E-state index is 0.0591. The molecule has 7 heteroatoms. The summed E-state index contributed by atoms with van der Waals surface area (Å²) in [7, 11) is 0. The van der Waals surface area contributed by atoms with Crippen LogP contribution in [0, 0.1) is 0 Å². The molecule has 0 radical (unpaired) electrons. The molecule has 2 aromatic rings. The molecule has 1 saturated heterocycles. The summed E-state index contributed by atoms with van der Waals surface area (Å²) in [5.41, 5.74) is 0.662. The highest BCUT2D eigenvalue weighted by atomic mass is 16.6. The fourth-order valence-corrected chi connectivity index (χ4v) is 3.03.